The van der Waals surface area contributed by atoms with Crippen LogP contribution in [0.4, 0.5) is 23.8 Å². The number of phenols is 2. The Bertz CT molecular complexity index is 4180. The summed E-state index contributed by atoms with van der Waals surface area (Å²) in [5.41, 5.74) is -0.298. The highest BCUT2D eigenvalue weighted by Crippen LogP contribution is 2.45. The minimum atomic E-state index is -2.06. The van der Waals surface area contributed by atoms with Crippen LogP contribution in [0, 0.1) is 24.0 Å². The van der Waals surface area contributed by atoms with Crippen molar-refractivity contribution in [3.05, 3.63) is 117 Å². The lowest BCUT2D eigenvalue weighted by atomic mass is 9.85. The van der Waals surface area contributed by atoms with Crippen LogP contribution in [-0.2, 0) is 53.8 Å². The van der Waals surface area contributed by atoms with Crippen LogP contribution >= 0.6 is 0 Å². The smallest absolute Gasteiger partial charge is 0.407 e. The van der Waals surface area contributed by atoms with Gasteiger partial charge in [0.2, 0.25) is 5.60 Å². The Hall–Kier alpha value is -9.30. The second kappa shape index (κ2) is 20.8. The number of alkyl carbamates (subject to hydrolysis) is 1. The quantitative estimate of drug-likeness (QED) is 0.0450. The third kappa shape index (κ3) is 8.98. The van der Waals surface area contributed by atoms with Gasteiger partial charge in [-0.05, 0) is 98.5 Å². The molecule has 4 aromatic heterocycles. The summed E-state index contributed by atoms with van der Waals surface area (Å²) >= 11 is 0. The molecule has 2 bridgehead atoms. The molecule has 3 N–H and O–H groups in total. The van der Waals surface area contributed by atoms with Gasteiger partial charge in [-0.2, -0.15) is 9.97 Å². The molecular formula is C62H56F3N9O11. The summed E-state index contributed by atoms with van der Waals surface area (Å²) in [7, 11) is 0. The second-order valence-electron chi connectivity index (χ2n) is 22.6. The standard InChI is InChI=1S/C62H56F3N9O11/c1-5-38-40-18-36(75)12-14-47(40)68-52-43(38)27-73-48(52)20-45-44(57(73)79)29-82-58(80)62(45,7-3)85-49(77)23-67-60(81)83-28-31(4)56(78)74-34-10-11-35(74)26-71(25-34)55-42-22-66-53(41-19-37(76)17-32-9-13-46(64)39(6-2)50(32)41)51(65)54(42)69-59(70-55)84-30-61-15-8-16-72(61)24-33(63)21-61/h2,9,12-14,17-20,22,33-35,75-76H,4-5,7-8,10-11,15-16,21,23-30H2,1,3H3,(H,67,81). The molecule has 5 atom stereocenters. The number of hydrogen-bond acceptors (Lipinski definition) is 17. The lowest BCUT2D eigenvalue weighted by Gasteiger charge is -2.42. The molecule has 0 radical (unpaired) electrons. The second-order valence-corrected chi connectivity index (χ2v) is 22.6. The SMILES string of the molecule is C#Cc1c(F)ccc2cc(O)cc(-c3ncc4c(N5CC6CCC(C5)N6C(=O)C(=C)COC(=O)NCC(=O)OC5(CC)C(=O)OCc6c5cc5n(c6=O)Cc6c-5nc5ccc(O)cc5c6CC)nc(OCC56CCCN5CC(F)C6)nc4c3F)c12. The van der Waals surface area contributed by atoms with Crippen molar-refractivity contribution in [2.75, 3.05) is 50.8 Å². The number of aryl methyl sites for hydroxylation is 1. The maximum Gasteiger partial charge on any atom is 0.407 e. The van der Waals surface area contributed by atoms with Crippen LogP contribution in [0.3, 0.4) is 0 Å². The molecule has 0 saturated carbocycles. The largest absolute Gasteiger partial charge is 0.508 e. The summed E-state index contributed by atoms with van der Waals surface area (Å²) < 4.78 is 72.0. The molecule has 0 aliphatic carbocycles. The molecule has 4 saturated heterocycles. The Morgan fingerprint density at radius 3 is 2.53 bits per heavy atom. The van der Waals surface area contributed by atoms with E-state index in [0.717, 1.165) is 29.0 Å². The highest BCUT2D eigenvalue weighted by atomic mass is 19.1. The van der Waals surface area contributed by atoms with E-state index in [-0.39, 0.29) is 125 Å². The molecule has 23 heteroatoms. The van der Waals surface area contributed by atoms with E-state index in [4.69, 9.17) is 35.3 Å². The summed E-state index contributed by atoms with van der Waals surface area (Å²) in [6, 6.07) is 10.7. The zero-order valence-electron chi connectivity index (χ0n) is 46.3. The van der Waals surface area contributed by atoms with Gasteiger partial charge in [0.25, 0.3) is 11.5 Å². The van der Waals surface area contributed by atoms with Gasteiger partial charge in [-0.3, -0.25) is 24.3 Å². The predicted molar refractivity (Wildman–Crippen MR) is 302 cm³/mol. The van der Waals surface area contributed by atoms with Crippen molar-refractivity contribution in [3.8, 4) is 52.5 Å². The van der Waals surface area contributed by atoms with Crippen LogP contribution in [0.1, 0.15) is 80.2 Å². The van der Waals surface area contributed by atoms with Crippen molar-refractivity contribution in [1.82, 2.24) is 39.6 Å². The molecule has 436 valence electrons. The maximum atomic E-state index is 17.4. The van der Waals surface area contributed by atoms with Crippen LogP contribution in [-0.4, -0.2) is 138 Å². The van der Waals surface area contributed by atoms with Crippen LogP contribution in [0.2, 0.25) is 0 Å². The maximum absolute atomic E-state index is 17.4. The van der Waals surface area contributed by atoms with Crippen molar-refractivity contribution in [2.24, 2.45) is 0 Å². The van der Waals surface area contributed by atoms with E-state index in [9.17, 15) is 38.6 Å². The number of carbonyl (C=O) groups excluding carboxylic acids is 4. The number of pyridine rings is 3. The molecule has 20 nitrogen and oxygen atoms in total. The predicted octanol–water partition coefficient (Wildman–Crippen LogP) is 7.14. The van der Waals surface area contributed by atoms with Gasteiger partial charge in [-0.15, -0.1) is 6.42 Å². The van der Waals surface area contributed by atoms with Gasteiger partial charge in [0.15, 0.2) is 5.82 Å². The number of piperazine rings is 1. The van der Waals surface area contributed by atoms with Crippen molar-refractivity contribution in [2.45, 2.75) is 101 Å². The van der Waals surface area contributed by atoms with Gasteiger partial charge in [-0.25, -0.2) is 27.7 Å². The fourth-order valence-electron chi connectivity index (χ4n) is 13.9. The number of rotatable bonds is 13. The number of esters is 2. The van der Waals surface area contributed by atoms with Crippen LogP contribution in [0.25, 0.3) is 55.2 Å². The van der Waals surface area contributed by atoms with Crippen molar-refractivity contribution < 1.29 is 61.5 Å². The van der Waals surface area contributed by atoms with E-state index >= 15 is 8.78 Å². The zero-order chi connectivity index (χ0) is 59.4. The van der Waals surface area contributed by atoms with Crippen molar-refractivity contribution >= 4 is 62.3 Å². The molecule has 7 aromatic rings. The molecule has 3 aromatic carbocycles. The third-order valence-electron chi connectivity index (χ3n) is 17.8. The van der Waals surface area contributed by atoms with E-state index in [1.54, 1.807) is 30.0 Å². The minimum absolute atomic E-state index is 0.0241. The van der Waals surface area contributed by atoms with E-state index in [1.165, 1.54) is 35.0 Å². The molecule has 85 heavy (non-hydrogen) atoms. The number of hydrogen-bond donors (Lipinski definition) is 3. The normalized spacial score (nSPS) is 22.0. The zero-order valence-corrected chi connectivity index (χ0v) is 46.3. The van der Waals surface area contributed by atoms with Crippen LogP contribution in [0.5, 0.6) is 17.5 Å². The number of fused-ring (bicyclic) bond motifs is 10. The molecule has 10 heterocycles. The van der Waals surface area contributed by atoms with Gasteiger partial charge in [0.1, 0.15) is 66.9 Å². The van der Waals surface area contributed by atoms with Gasteiger partial charge >= 0.3 is 24.0 Å². The molecule has 6 aliphatic rings. The summed E-state index contributed by atoms with van der Waals surface area (Å²) in [6.45, 7) is 7.41. The van der Waals surface area contributed by atoms with Gasteiger partial charge in [0.05, 0.1) is 57.6 Å². The van der Waals surface area contributed by atoms with E-state index in [2.05, 4.69) is 32.7 Å². The number of carbonyl (C=O) groups is 4. The number of nitrogens with one attached hydrogen (secondary N) is 1. The van der Waals surface area contributed by atoms with E-state index in [0.29, 0.717) is 54.5 Å². The number of amides is 2. The Morgan fingerprint density at radius 2 is 1.76 bits per heavy atom. The molecule has 2 amide bonds. The molecule has 5 unspecified atom stereocenters. The van der Waals surface area contributed by atoms with Gasteiger partial charge in [0, 0.05) is 65.3 Å². The van der Waals surface area contributed by atoms with Gasteiger partial charge < -0.3 is 48.8 Å². The first-order valence-corrected chi connectivity index (χ1v) is 28.2. The lowest BCUT2D eigenvalue weighted by molar-refractivity contribution is -0.188. The third-order valence-corrected chi connectivity index (χ3v) is 17.8. The number of benzene rings is 3. The molecule has 13 rings (SSSR count). The number of halogens is 3. The summed E-state index contributed by atoms with van der Waals surface area (Å²) in [6.07, 6.45) is 8.38. The average Bonchev–Trinajstić information content (AvgIpc) is 1.77. The topological polar surface area (TPSA) is 241 Å². The summed E-state index contributed by atoms with van der Waals surface area (Å²) in [4.78, 5) is 93.2. The minimum Gasteiger partial charge on any atom is -0.508 e. The first-order chi connectivity index (χ1) is 40.9. The highest BCUT2D eigenvalue weighted by Gasteiger charge is 2.52. The number of aromatic hydroxyl groups is 2. The molecule has 0 spiro atoms. The number of ether oxygens (including phenoxy) is 4. The monoisotopic (exact) mass is 1160 g/mol. The fourth-order valence-corrected chi connectivity index (χ4v) is 13.9. The number of terminal acetylenes is 1. The number of aromatic nitrogens is 5. The molecule has 6 aliphatic heterocycles. The lowest BCUT2D eigenvalue weighted by Crippen LogP contribution is -2.56. The Labute approximate surface area is 483 Å². The number of anilines is 1. The Kier molecular flexibility index (Phi) is 13.4. The Morgan fingerprint density at radius 1 is 0.965 bits per heavy atom. The highest BCUT2D eigenvalue weighted by molar-refractivity contribution is 6.03. The van der Waals surface area contributed by atoms with Gasteiger partial charge in [-0.1, -0.05) is 32.4 Å². The number of nitrogens with zero attached hydrogens (tertiary/aromatic N) is 8. The number of alkyl halides is 1. The van der Waals surface area contributed by atoms with Crippen molar-refractivity contribution in [3.63, 3.8) is 0 Å². The first-order valence-electron chi connectivity index (χ1n) is 28.2. The summed E-state index contributed by atoms with van der Waals surface area (Å²) in [5, 5.41) is 24.8. The fraction of sp³-hybridized carbons (Fsp3) is 0.371. The number of phenolic OH excluding ortho intramolecular Hbond substituents is 2. The molecular weight excluding hydrogens is 1100 g/mol. The average molecular weight is 1160 g/mol. The van der Waals surface area contributed by atoms with E-state index in [1.807, 2.05) is 11.8 Å². The van der Waals surface area contributed by atoms with Crippen LogP contribution < -0.4 is 20.5 Å². The summed E-state index contributed by atoms with van der Waals surface area (Å²) in [5.74, 6) is -1.66. The Balaban J connectivity index is 0.699. The van der Waals surface area contributed by atoms with E-state index < -0.39 is 83.7 Å². The number of cyclic esters (lactones) is 1. The van der Waals surface area contributed by atoms with Crippen LogP contribution in [0.15, 0.2) is 71.7 Å². The molecule has 4 fully saturated rings. The first kappa shape index (κ1) is 54.9. The van der Waals surface area contributed by atoms with Crippen molar-refractivity contribution in [1.29, 1.82) is 0 Å².